The molecular formula is C16H15FN4O2S. The van der Waals surface area contributed by atoms with E-state index in [9.17, 15) is 12.8 Å². The number of nitriles is 1. The number of alkyl halides is 1. The normalized spacial score (nSPS) is 28.8. The number of hydrogen-bond acceptors (Lipinski definition) is 5. The van der Waals surface area contributed by atoms with Crippen molar-refractivity contribution in [3.8, 4) is 6.07 Å². The van der Waals surface area contributed by atoms with Crippen LogP contribution in [0.1, 0.15) is 42.9 Å². The molecule has 1 fully saturated rings. The van der Waals surface area contributed by atoms with Crippen LogP contribution in [0.4, 0.5) is 4.39 Å². The first-order valence-electron chi connectivity index (χ1n) is 7.79. The Kier molecular flexibility index (Phi) is 3.42. The number of nitrogens with zero attached hydrogens (tertiary/aromatic N) is 4. The zero-order valence-electron chi connectivity index (χ0n) is 12.7. The number of hydrogen-bond donors (Lipinski definition) is 0. The van der Waals surface area contributed by atoms with E-state index in [0.717, 1.165) is 5.56 Å². The third kappa shape index (κ3) is 2.23. The zero-order valence-corrected chi connectivity index (χ0v) is 13.5. The SMILES string of the molecule is N#C[C@H]1C[C@H](S(=O)(=O)c2nc3n(n2)[C@H](c2ccccc2)C[C@@H]3F)C1. The number of fused-ring (bicyclic) bond motifs is 1. The summed E-state index contributed by atoms with van der Waals surface area (Å²) in [5.41, 5.74) is 0.876. The summed E-state index contributed by atoms with van der Waals surface area (Å²) in [6, 6.07) is 11.0. The smallest absolute Gasteiger partial charge is 0.239 e. The predicted octanol–water partition coefficient (Wildman–Crippen LogP) is 2.36. The summed E-state index contributed by atoms with van der Waals surface area (Å²) in [6.45, 7) is 0. The fraction of sp³-hybridized carbons (Fsp3) is 0.438. The number of halogens is 1. The lowest BCUT2D eigenvalue weighted by Gasteiger charge is -2.28. The molecule has 0 spiro atoms. The van der Waals surface area contributed by atoms with Crippen molar-refractivity contribution in [1.82, 2.24) is 14.8 Å². The van der Waals surface area contributed by atoms with Crippen molar-refractivity contribution in [2.24, 2.45) is 5.92 Å². The van der Waals surface area contributed by atoms with Gasteiger partial charge in [-0.3, -0.25) is 0 Å². The molecule has 24 heavy (non-hydrogen) atoms. The van der Waals surface area contributed by atoms with E-state index in [0.29, 0.717) is 12.8 Å². The van der Waals surface area contributed by atoms with E-state index in [-0.39, 0.29) is 29.4 Å². The molecule has 0 radical (unpaired) electrons. The third-order valence-electron chi connectivity index (χ3n) is 4.80. The van der Waals surface area contributed by atoms with Crippen LogP contribution in [0.5, 0.6) is 0 Å². The average Bonchev–Trinajstić information content (AvgIpc) is 3.08. The largest absolute Gasteiger partial charge is 0.267 e. The van der Waals surface area contributed by atoms with Crippen molar-refractivity contribution in [3.63, 3.8) is 0 Å². The van der Waals surface area contributed by atoms with Crippen molar-refractivity contribution in [3.05, 3.63) is 41.7 Å². The van der Waals surface area contributed by atoms with Gasteiger partial charge in [-0.25, -0.2) is 17.5 Å². The van der Waals surface area contributed by atoms with Crippen molar-refractivity contribution < 1.29 is 12.8 Å². The van der Waals surface area contributed by atoms with Crippen LogP contribution in [0, 0.1) is 17.2 Å². The Morgan fingerprint density at radius 1 is 1.21 bits per heavy atom. The molecule has 1 saturated carbocycles. The molecule has 0 saturated heterocycles. The highest BCUT2D eigenvalue weighted by Gasteiger charge is 2.44. The summed E-state index contributed by atoms with van der Waals surface area (Å²) in [4.78, 5) is 3.98. The van der Waals surface area contributed by atoms with E-state index in [2.05, 4.69) is 16.2 Å². The van der Waals surface area contributed by atoms with Gasteiger partial charge in [0.2, 0.25) is 9.84 Å². The minimum Gasteiger partial charge on any atom is -0.239 e. The van der Waals surface area contributed by atoms with Gasteiger partial charge >= 0.3 is 0 Å². The van der Waals surface area contributed by atoms with E-state index in [4.69, 9.17) is 5.26 Å². The summed E-state index contributed by atoms with van der Waals surface area (Å²) < 4.78 is 40.8. The third-order valence-corrected chi connectivity index (χ3v) is 6.74. The molecule has 1 aliphatic carbocycles. The minimum absolute atomic E-state index is 0.0681. The topological polar surface area (TPSA) is 88.6 Å². The number of aromatic nitrogens is 3. The Hall–Kier alpha value is -2.27. The van der Waals surface area contributed by atoms with Crippen LogP contribution in [-0.2, 0) is 9.84 Å². The first-order valence-corrected chi connectivity index (χ1v) is 9.34. The van der Waals surface area contributed by atoms with Crippen LogP contribution in [0.15, 0.2) is 35.5 Å². The van der Waals surface area contributed by atoms with Gasteiger partial charge in [0.25, 0.3) is 5.16 Å². The summed E-state index contributed by atoms with van der Waals surface area (Å²) in [7, 11) is -3.71. The van der Waals surface area contributed by atoms with Gasteiger partial charge < -0.3 is 0 Å². The lowest BCUT2D eigenvalue weighted by Crippen LogP contribution is -2.35. The molecular weight excluding hydrogens is 331 g/mol. The maximum Gasteiger partial charge on any atom is 0.267 e. The summed E-state index contributed by atoms with van der Waals surface area (Å²) in [6.07, 6.45) is -0.534. The molecule has 1 aliphatic heterocycles. The van der Waals surface area contributed by atoms with Gasteiger partial charge in [0.15, 0.2) is 12.0 Å². The van der Waals surface area contributed by atoms with Crippen LogP contribution < -0.4 is 0 Å². The maximum absolute atomic E-state index is 14.3. The molecule has 0 N–H and O–H groups in total. The molecule has 4 rings (SSSR count). The lowest BCUT2D eigenvalue weighted by molar-refractivity contribution is 0.326. The van der Waals surface area contributed by atoms with Gasteiger partial charge in [-0.05, 0) is 18.4 Å². The van der Waals surface area contributed by atoms with Crippen LogP contribution >= 0.6 is 0 Å². The van der Waals surface area contributed by atoms with Crippen molar-refractivity contribution in [1.29, 1.82) is 5.26 Å². The molecule has 8 heteroatoms. The molecule has 0 amide bonds. The highest BCUT2D eigenvalue weighted by molar-refractivity contribution is 7.91. The molecule has 0 bridgehead atoms. The van der Waals surface area contributed by atoms with E-state index in [1.807, 2.05) is 30.3 Å². The Labute approximate surface area is 138 Å². The number of rotatable bonds is 3. The Morgan fingerprint density at radius 2 is 1.92 bits per heavy atom. The van der Waals surface area contributed by atoms with E-state index in [1.54, 1.807) is 0 Å². The average molecular weight is 346 g/mol. The number of sulfone groups is 1. The summed E-state index contributed by atoms with van der Waals surface area (Å²) >= 11 is 0. The first-order chi connectivity index (χ1) is 11.5. The van der Waals surface area contributed by atoms with E-state index < -0.39 is 21.3 Å². The molecule has 2 atom stereocenters. The quantitative estimate of drug-likeness (QED) is 0.851. The standard InChI is InChI=1S/C16H15FN4O2S/c17-13-8-14(11-4-2-1-3-5-11)21-15(13)19-16(20-21)24(22,23)12-6-10(7-12)9-18/h1-5,10,12-14H,6-8H2/t10-,12-,13-,14-/m0/s1. The molecule has 1 aromatic carbocycles. The molecule has 2 aromatic rings. The van der Waals surface area contributed by atoms with E-state index >= 15 is 0 Å². The highest BCUT2D eigenvalue weighted by atomic mass is 32.2. The predicted molar refractivity (Wildman–Crippen MR) is 82.4 cm³/mol. The van der Waals surface area contributed by atoms with Gasteiger partial charge in [0.1, 0.15) is 0 Å². The van der Waals surface area contributed by atoms with Crippen LogP contribution in [0.3, 0.4) is 0 Å². The molecule has 124 valence electrons. The van der Waals surface area contributed by atoms with Gasteiger partial charge in [0.05, 0.1) is 17.4 Å². The highest BCUT2D eigenvalue weighted by Crippen LogP contribution is 2.41. The van der Waals surface area contributed by atoms with Gasteiger partial charge in [-0.1, -0.05) is 30.3 Å². The Balaban J connectivity index is 1.68. The molecule has 6 nitrogen and oxygen atoms in total. The van der Waals surface area contributed by atoms with Crippen molar-refractivity contribution in [2.75, 3.05) is 0 Å². The fourth-order valence-electron chi connectivity index (χ4n) is 3.31. The maximum atomic E-state index is 14.3. The Bertz CT molecular complexity index is 913. The summed E-state index contributed by atoms with van der Waals surface area (Å²) in [5, 5.41) is 12.0. The lowest BCUT2D eigenvalue weighted by atomic mass is 9.86. The molecule has 1 aromatic heterocycles. The zero-order chi connectivity index (χ0) is 16.9. The first kappa shape index (κ1) is 15.3. The molecule has 2 heterocycles. The second-order valence-electron chi connectivity index (χ2n) is 6.29. The minimum atomic E-state index is -3.71. The molecule has 0 unspecified atom stereocenters. The second-order valence-corrected chi connectivity index (χ2v) is 8.41. The van der Waals surface area contributed by atoms with E-state index in [1.165, 1.54) is 4.68 Å². The van der Waals surface area contributed by atoms with Gasteiger partial charge in [0, 0.05) is 12.3 Å². The van der Waals surface area contributed by atoms with Crippen molar-refractivity contribution >= 4 is 9.84 Å². The van der Waals surface area contributed by atoms with Crippen LogP contribution in [0.25, 0.3) is 0 Å². The van der Waals surface area contributed by atoms with Crippen LogP contribution in [0.2, 0.25) is 0 Å². The molecule has 2 aliphatic rings. The van der Waals surface area contributed by atoms with Gasteiger partial charge in [-0.15, -0.1) is 5.10 Å². The fourth-order valence-corrected chi connectivity index (χ4v) is 5.00. The Morgan fingerprint density at radius 3 is 2.58 bits per heavy atom. The number of benzene rings is 1. The summed E-state index contributed by atoms with van der Waals surface area (Å²) in [5.74, 6) is -0.163. The monoisotopic (exact) mass is 346 g/mol. The second kappa shape index (κ2) is 5.38. The van der Waals surface area contributed by atoms with Gasteiger partial charge in [-0.2, -0.15) is 10.2 Å². The van der Waals surface area contributed by atoms with Crippen LogP contribution in [-0.4, -0.2) is 28.4 Å². The van der Waals surface area contributed by atoms with Crippen molar-refractivity contribution in [2.45, 2.75) is 41.9 Å².